The molecule has 0 aromatic carbocycles. The van der Waals surface area contributed by atoms with E-state index in [1.54, 1.807) is 18.2 Å². The maximum Gasteiger partial charge on any atom is 0.187 e. The van der Waals surface area contributed by atoms with E-state index in [4.69, 9.17) is 1.41 Å². The molecular weight excluding hydrogens is 114 g/mol. The molecule has 0 heterocycles. The Balaban J connectivity index is 2.80. The van der Waals surface area contributed by atoms with Gasteiger partial charge in [0.15, 0.2) is 7.20 Å². The normalized spacial score (nSPS) is 22.4. The molecule has 1 aliphatic carbocycles. The topological polar surface area (TPSA) is 43.1 Å². The number of carbonyl (C=O) groups is 1. The third-order valence-corrected chi connectivity index (χ3v) is 1.07. The van der Waals surface area contributed by atoms with Crippen molar-refractivity contribution in [3.63, 3.8) is 0 Å². The Labute approximate surface area is 54.8 Å². The van der Waals surface area contributed by atoms with Crippen LogP contribution in [0.2, 0.25) is 1.41 Å². The first kappa shape index (κ1) is 4.56. The second-order valence-electron chi connectivity index (χ2n) is 1.68. The summed E-state index contributed by atoms with van der Waals surface area (Å²) < 4.78 is 6.59. The number of carbonyl (C=O) groups excluding carboxylic acids is 1. The fourth-order valence-corrected chi connectivity index (χ4v) is 0.600. The molecule has 0 saturated heterocycles. The molecule has 0 atom stereocenters. The van der Waals surface area contributed by atoms with Crippen LogP contribution in [0.15, 0.2) is 36.1 Å². The molecule has 2 N–H and O–H groups in total. The van der Waals surface area contributed by atoms with Crippen molar-refractivity contribution in [2.24, 2.45) is 5.73 Å². The van der Waals surface area contributed by atoms with Crippen molar-refractivity contribution in [3.05, 3.63) is 36.1 Å². The summed E-state index contributed by atoms with van der Waals surface area (Å²) in [5.74, 6) is -0.0674. The first-order valence-corrected chi connectivity index (χ1v) is 2.61. The van der Waals surface area contributed by atoms with Gasteiger partial charge in [-0.3, -0.25) is 4.79 Å². The lowest BCUT2D eigenvalue weighted by molar-refractivity contribution is -0.111. The summed E-state index contributed by atoms with van der Waals surface area (Å²) >= 11 is 0. The van der Waals surface area contributed by atoms with Gasteiger partial charge < -0.3 is 5.73 Å². The van der Waals surface area contributed by atoms with Crippen LogP contribution in [0.5, 0.6) is 0 Å². The molecule has 0 fully saturated rings. The molecule has 0 radical (unpaired) electrons. The highest BCUT2D eigenvalue weighted by atomic mass is 16.1. The van der Waals surface area contributed by atoms with E-state index in [1.165, 1.54) is 12.3 Å². The van der Waals surface area contributed by atoms with Gasteiger partial charge in [-0.2, -0.15) is 0 Å². The van der Waals surface area contributed by atoms with Gasteiger partial charge in [-0.05, 0) is 12.2 Å². The molecular formula is C7H7NO. The summed E-state index contributed by atoms with van der Waals surface area (Å²) in [6.07, 6.45) is 7.89. The summed E-state index contributed by atoms with van der Waals surface area (Å²) in [5, 5.41) is 0. The summed E-state index contributed by atoms with van der Waals surface area (Å²) in [7, 11) is 0. The van der Waals surface area contributed by atoms with Crippen molar-refractivity contribution in [3.8, 4) is 0 Å². The minimum Gasteiger partial charge on any atom is -0.404 e. The second kappa shape index (κ2) is 2.31. The first-order chi connectivity index (χ1) is 4.84. The summed E-state index contributed by atoms with van der Waals surface area (Å²) in [5.41, 5.74) is 2.56. The van der Waals surface area contributed by atoms with Crippen molar-refractivity contribution in [1.82, 2.24) is 0 Å². The van der Waals surface area contributed by atoms with E-state index in [0.29, 0.717) is 5.57 Å². The van der Waals surface area contributed by atoms with Gasteiger partial charge in [-0.1, -0.05) is 12.2 Å². The maximum absolute atomic E-state index is 10.9. The predicted octanol–water partition coefficient (Wildman–Crippen LogP) is 0.524. The van der Waals surface area contributed by atoms with E-state index >= 15 is 0 Å². The monoisotopic (exact) mass is 122 g/mol. The number of ketones is 1. The lowest BCUT2D eigenvalue weighted by Crippen LogP contribution is -2.00. The van der Waals surface area contributed by atoms with Crippen LogP contribution >= 0.6 is 0 Å². The summed E-state index contributed by atoms with van der Waals surface area (Å²) in [4.78, 5) is 10.9. The Bertz CT molecular complexity index is 228. The van der Waals surface area contributed by atoms with Crippen LogP contribution in [0.25, 0.3) is 0 Å². The van der Waals surface area contributed by atoms with E-state index < -0.39 is 0 Å². The average Bonchev–Trinajstić information content (AvgIpc) is 1.94. The fourth-order valence-electron chi connectivity index (χ4n) is 0.600. The van der Waals surface area contributed by atoms with Crippen LogP contribution in [-0.4, -0.2) is 5.78 Å². The van der Waals surface area contributed by atoms with Crippen molar-refractivity contribution in [2.45, 2.75) is 0 Å². The Kier molecular flexibility index (Phi) is 1.17. The molecule has 1 rings (SSSR count). The van der Waals surface area contributed by atoms with Crippen LogP contribution in [0.4, 0.5) is 0 Å². The third-order valence-electron chi connectivity index (χ3n) is 1.07. The van der Waals surface area contributed by atoms with E-state index in [2.05, 4.69) is 0 Å². The molecule has 46 valence electrons. The van der Waals surface area contributed by atoms with Crippen LogP contribution in [-0.2, 0) is 4.79 Å². The van der Waals surface area contributed by atoms with Crippen molar-refractivity contribution < 1.29 is 6.21 Å². The lowest BCUT2D eigenvalue weighted by Gasteiger charge is -1.96. The van der Waals surface area contributed by atoms with Gasteiger partial charge in [-0.15, -0.1) is 0 Å². The minimum atomic E-state index is -0.0674. The van der Waals surface area contributed by atoms with Gasteiger partial charge in [0.2, 0.25) is 0 Å². The molecule has 0 aliphatic heterocycles. The second-order valence-corrected chi connectivity index (χ2v) is 1.68. The number of hydrogen-bond donors (Lipinski definition) is 1. The zero-order valence-corrected chi connectivity index (χ0v) is 4.79. The minimum absolute atomic E-state index is 0.0674. The Morgan fingerprint density at radius 2 is 2.33 bits per heavy atom. The van der Waals surface area contributed by atoms with Gasteiger partial charge in [-0.25, -0.2) is 0 Å². The van der Waals surface area contributed by atoms with Crippen LogP contribution in [0.1, 0.15) is 0 Å². The molecule has 9 heavy (non-hydrogen) atoms. The molecule has 0 aromatic heterocycles. The molecule has 0 aromatic rings. The maximum atomic E-state index is 10.9. The van der Waals surface area contributed by atoms with Crippen LogP contribution < -0.4 is 5.73 Å². The molecule has 2 nitrogen and oxygen atoms in total. The Morgan fingerprint density at radius 1 is 1.56 bits per heavy atom. The predicted molar refractivity (Wildman–Crippen MR) is 35.6 cm³/mol. The fraction of sp³-hybridized carbons (Fsp3) is 0. The summed E-state index contributed by atoms with van der Waals surface area (Å²) in [6.45, 7) is 0. The molecule has 0 unspecified atom stereocenters. The summed E-state index contributed by atoms with van der Waals surface area (Å²) in [6, 6.07) is 0. The van der Waals surface area contributed by atoms with E-state index in [1.807, 2.05) is 5.73 Å². The molecule has 0 bridgehead atoms. The standard InChI is InChI=1S/C7H7NO/c8-5-6-3-1-2-4-7(6)9/h1-5H,8H2/b6-5-/i/hD. The number of nitrogens with two attached hydrogens (primary N) is 1. The molecule has 0 saturated carbocycles. The number of rotatable bonds is 1. The molecule has 0 spiro atoms. The van der Waals surface area contributed by atoms with Gasteiger partial charge in [0.1, 0.15) is 0 Å². The van der Waals surface area contributed by atoms with Gasteiger partial charge in [0, 0.05) is 11.8 Å². The Morgan fingerprint density at radius 3 is 3.00 bits per heavy atom. The first-order valence-electron chi connectivity index (χ1n) is 3.11. The lowest BCUT2D eigenvalue weighted by atomic mass is 10.1. The zero-order valence-electron chi connectivity index (χ0n) is 5.79. The van der Waals surface area contributed by atoms with E-state index in [-0.39, 0.29) is 5.78 Å². The third kappa shape index (κ3) is 1.08. The zero-order chi connectivity index (χ0) is 7.40. The largest absolute Gasteiger partial charge is 0.404 e. The highest BCUT2D eigenvalue weighted by molar-refractivity contribution is 6.07. The van der Waals surface area contributed by atoms with Gasteiger partial charge in [0.05, 0.1) is 0 Å². The number of allylic oxidation sites excluding steroid dienone is 5. The average molecular weight is 122 g/mol. The van der Waals surface area contributed by atoms with Gasteiger partial charge in [0.25, 0.3) is 0 Å². The number of hydrogen-bond acceptors (Lipinski definition) is 2. The van der Waals surface area contributed by atoms with Crippen molar-refractivity contribution >= 4 is 5.78 Å². The quantitative estimate of drug-likeness (QED) is 0.515. The van der Waals surface area contributed by atoms with Crippen LogP contribution in [0, 0.1) is 0 Å². The van der Waals surface area contributed by atoms with Gasteiger partial charge >= 0.3 is 0 Å². The van der Waals surface area contributed by atoms with E-state index in [0.717, 1.165) is 0 Å². The smallest absolute Gasteiger partial charge is 0.187 e. The Hall–Kier alpha value is -1.31. The highest BCUT2D eigenvalue weighted by Gasteiger charge is 2.02. The SMILES string of the molecule is [2H]N/C=C1/C=CC=CC1=O. The highest BCUT2D eigenvalue weighted by Crippen LogP contribution is 2.03. The van der Waals surface area contributed by atoms with Crippen molar-refractivity contribution in [1.29, 1.82) is 0 Å². The van der Waals surface area contributed by atoms with Crippen molar-refractivity contribution in [2.75, 3.05) is 0 Å². The molecule has 1 aliphatic rings. The van der Waals surface area contributed by atoms with E-state index in [9.17, 15) is 4.79 Å². The molecule has 2 heteroatoms. The molecule has 0 amide bonds. The van der Waals surface area contributed by atoms with Crippen LogP contribution in [0.3, 0.4) is 0 Å².